The van der Waals surface area contributed by atoms with Gasteiger partial charge >= 0.3 is 0 Å². The third kappa shape index (κ3) is 1.70. The second-order valence-corrected chi connectivity index (χ2v) is 5.22. The van der Waals surface area contributed by atoms with E-state index in [4.69, 9.17) is 0 Å². The first-order chi connectivity index (χ1) is 8.69. The largest absolute Gasteiger partial charge is 0.372 e. The summed E-state index contributed by atoms with van der Waals surface area (Å²) in [6.07, 6.45) is 5.75. The first-order valence-corrected chi connectivity index (χ1v) is 6.45. The summed E-state index contributed by atoms with van der Waals surface area (Å²) in [5, 5.41) is 3.11. The molecule has 1 saturated heterocycles. The average molecular weight is 245 g/mol. The van der Waals surface area contributed by atoms with Crippen molar-refractivity contribution in [2.75, 3.05) is 30.4 Å². The van der Waals surface area contributed by atoms with Gasteiger partial charge in [0.05, 0.1) is 6.20 Å². The summed E-state index contributed by atoms with van der Waals surface area (Å²) in [7, 11) is 1.89. The zero-order valence-electron chi connectivity index (χ0n) is 11.1. The van der Waals surface area contributed by atoms with Crippen LogP contribution in [0.1, 0.15) is 13.8 Å². The SMILES string of the molecule is CNc1cn2ccnc2c(N2CC(C)C(C)C2)n1. The van der Waals surface area contributed by atoms with E-state index < -0.39 is 0 Å². The van der Waals surface area contributed by atoms with Crippen LogP contribution in [0.25, 0.3) is 5.65 Å². The molecule has 1 aliphatic rings. The Bertz CT molecular complexity index is 552. The highest BCUT2D eigenvalue weighted by Gasteiger charge is 2.28. The van der Waals surface area contributed by atoms with Gasteiger partial charge in [-0.3, -0.25) is 0 Å². The first-order valence-electron chi connectivity index (χ1n) is 6.45. The quantitative estimate of drug-likeness (QED) is 0.877. The van der Waals surface area contributed by atoms with Gasteiger partial charge in [0.15, 0.2) is 11.5 Å². The van der Waals surface area contributed by atoms with Crippen molar-refractivity contribution in [1.82, 2.24) is 14.4 Å². The predicted octanol–water partition coefficient (Wildman–Crippen LogP) is 1.86. The lowest BCUT2D eigenvalue weighted by atomic mass is 10.0. The van der Waals surface area contributed by atoms with Gasteiger partial charge in [0.2, 0.25) is 0 Å². The van der Waals surface area contributed by atoms with Crippen molar-refractivity contribution in [2.24, 2.45) is 11.8 Å². The lowest BCUT2D eigenvalue weighted by Crippen LogP contribution is -2.22. The Labute approximate surface area is 107 Å². The van der Waals surface area contributed by atoms with E-state index in [1.54, 1.807) is 0 Å². The molecular weight excluding hydrogens is 226 g/mol. The number of fused-ring (bicyclic) bond motifs is 1. The Hall–Kier alpha value is -1.78. The fraction of sp³-hybridized carbons (Fsp3) is 0.538. The summed E-state index contributed by atoms with van der Waals surface area (Å²) in [4.78, 5) is 11.4. The Morgan fingerprint density at radius 2 is 2.00 bits per heavy atom. The molecule has 1 fully saturated rings. The second-order valence-electron chi connectivity index (χ2n) is 5.22. The standard InChI is InChI=1S/C13H19N5/c1-9-6-18(7-10(9)2)13-12-15-4-5-17(12)8-11(14-3)16-13/h4-5,8-10,14H,6-7H2,1-3H3. The zero-order chi connectivity index (χ0) is 12.7. The Kier molecular flexibility index (Phi) is 2.61. The lowest BCUT2D eigenvalue weighted by molar-refractivity contribution is 0.494. The van der Waals surface area contributed by atoms with Crippen molar-refractivity contribution in [1.29, 1.82) is 0 Å². The molecule has 1 aliphatic heterocycles. The molecule has 5 heteroatoms. The number of imidazole rings is 1. The molecule has 3 rings (SSSR count). The predicted molar refractivity (Wildman–Crippen MR) is 73.1 cm³/mol. The summed E-state index contributed by atoms with van der Waals surface area (Å²) in [6.45, 7) is 6.72. The van der Waals surface area contributed by atoms with Gasteiger partial charge in [0, 0.05) is 32.5 Å². The van der Waals surface area contributed by atoms with Crippen molar-refractivity contribution in [3.8, 4) is 0 Å². The summed E-state index contributed by atoms with van der Waals surface area (Å²) >= 11 is 0. The molecule has 0 aliphatic carbocycles. The van der Waals surface area contributed by atoms with Gasteiger partial charge in [-0.1, -0.05) is 13.8 Å². The van der Waals surface area contributed by atoms with Gasteiger partial charge in [-0.15, -0.1) is 0 Å². The van der Waals surface area contributed by atoms with Crippen LogP contribution >= 0.6 is 0 Å². The number of rotatable bonds is 2. The topological polar surface area (TPSA) is 45.5 Å². The Morgan fingerprint density at radius 3 is 2.67 bits per heavy atom. The Morgan fingerprint density at radius 1 is 1.28 bits per heavy atom. The average Bonchev–Trinajstić information content (AvgIpc) is 2.95. The number of hydrogen-bond acceptors (Lipinski definition) is 4. The molecule has 0 saturated carbocycles. The highest BCUT2D eigenvalue weighted by molar-refractivity contribution is 5.67. The van der Waals surface area contributed by atoms with Crippen LogP contribution in [0.2, 0.25) is 0 Å². The highest BCUT2D eigenvalue weighted by Crippen LogP contribution is 2.29. The summed E-state index contributed by atoms with van der Waals surface area (Å²) in [6, 6.07) is 0. The maximum Gasteiger partial charge on any atom is 0.180 e. The smallest absolute Gasteiger partial charge is 0.180 e. The van der Waals surface area contributed by atoms with Crippen LogP contribution in [0.3, 0.4) is 0 Å². The van der Waals surface area contributed by atoms with E-state index in [2.05, 4.69) is 34.0 Å². The minimum absolute atomic E-state index is 0.708. The maximum absolute atomic E-state index is 4.67. The van der Waals surface area contributed by atoms with Crippen LogP contribution < -0.4 is 10.2 Å². The molecule has 2 aromatic heterocycles. The number of hydrogen-bond donors (Lipinski definition) is 1. The van der Waals surface area contributed by atoms with Crippen molar-refractivity contribution in [3.05, 3.63) is 18.6 Å². The van der Waals surface area contributed by atoms with Gasteiger partial charge in [0.1, 0.15) is 5.82 Å². The van der Waals surface area contributed by atoms with Crippen LogP contribution in [-0.4, -0.2) is 34.5 Å². The van der Waals surface area contributed by atoms with Crippen molar-refractivity contribution in [2.45, 2.75) is 13.8 Å². The summed E-state index contributed by atoms with van der Waals surface area (Å²) in [5.74, 6) is 3.28. The molecule has 5 nitrogen and oxygen atoms in total. The van der Waals surface area contributed by atoms with E-state index in [1.807, 2.05) is 30.0 Å². The Balaban J connectivity index is 2.07. The van der Waals surface area contributed by atoms with E-state index >= 15 is 0 Å². The molecule has 0 spiro atoms. The molecule has 2 unspecified atom stereocenters. The van der Waals surface area contributed by atoms with Crippen LogP contribution in [0, 0.1) is 11.8 Å². The molecule has 2 atom stereocenters. The van der Waals surface area contributed by atoms with Gasteiger partial charge in [0.25, 0.3) is 0 Å². The van der Waals surface area contributed by atoms with E-state index in [0.29, 0.717) is 11.8 Å². The molecule has 18 heavy (non-hydrogen) atoms. The molecule has 1 N–H and O–H groups in total. The molecule has 0 radical (unpaired) electrons. The fourth-order valence-electron chi connectivity index (χ4n) is 2.55. The third-order valence-corrected chi connectivity index (χ3v) is 3.90. The molecule has 0 bridgehead atoms. The molecule has 0 aromatic carbocycles. The van der Waals surface area contributed by atoms with Gasteiger partial charge in [-0.05, 0) is 11.8 Å². The van der Waals surface area contributed by atoms with Crippen LogP contribution in [0.4, 0.5) is 11.6 Å². The summed E-state index contributed by atoms with van der Waals surface area (Å²) < 4.78 is 2.03. The molecular formula is C13H19N5. The minimum Gasteiger partial charge on any atom is -0.372 e. The van der Waals surface area contributed by atoms with Gasteiger partial charge in [-0.25, -0.2) is 9.97 Å². The van der Waals surface area contributed by atoms with Gasteiger partial charge in [-0.2, -0.15) is 0 Å². The fourth-order valence-corrected chi connectivity index (χ4v) is 2.55. The van der Waals surface area contributed by atoms with E-state index in [0.717, 1.165) is 30.4 Å². The van der Waals surface area contributed by atoms with E-state index in [-0.39, 0.29) is 0 Å². The highest BCUT2D eigenvalue weighted by atomic mass is 15.3. The molecule has 0 amide bonds. The monoisotopic (exact) mass is 245 g/mol. The van der Waals surface area contributed by atoms with E-state index in [9.17, 15) is 0 Å². The van der Waals surface area contributed by atoms with Crippen LogP contribution in [0.15, 0.2) is 18.6 Å². The molecule has 3 heterocycles. The number of aromatic nitrogens is 3. The van der Waals surface area contributed by atoms with Crippen molar-refractivity contribution < 1.29 is 0 Å². The lowest BCUT2D eigenvalue weighted by Gasteiger charge is -2.18. The maximum atomic E-state index is 4.67. The van der Waals surface area contributed by atoms with Crippen molar-refractivity contribution in [3.63, 3.8) is 0 Å². The van der Waals surface area contributed by atoms with E-state index in [1.165, 1.54) is 0 Å². The molecule has 96 valence electrons. The van der Waals surface area contributed by atoms with Crippen LogP contribution in [0.5, 0.6) is 0 Å². The first kappa shape index (κ1) is 11.3. The minimum atomic E-state index is 0.708. The summed E-state index contributed by atoms with van der Waals surface area (Å²) in [5.41, 5.74) is 0.940. The van der Waals surface area contributed by atoms with Gasteiger partial charge < -0.3 is 14.6 Å². The third-order valence-electron chi connectivity index (χ3n) is 3.90. The van der Waals surface area contributed by atoms with Crippen LogP contribution in [-0.2, 0) is 0 Å². The molecule has 2 aromatic rings. The normalized spacial score (nSPS) is 23.8. The number of nitrogens with zero attached hydrogens (tertiary/aromatic N) is 4. The second kappa shape index (κ2) is 4.15. The number of anilines is 2. The van der Waals surface area contributed by atoms with Crippen molar-refractivity contribution >= 4 is 17.3 Å². The zero-order valence-corrected chi connectivity index (χ0v) is 11.1. The number of nitrogens with one attached hydrogen (secondary N) is 1.